The Morgan fingerprint density at radius 3 is 1.78 bits per heavy atom. The quantitative estimate of drug-likeness (QED) is 0.286. The number of rotatable bonds is 6. The van der Waals surface area contributed by atoms with E-state index >= 15 is 0 Å². The summed E-state index contributed by atoms with van der Waals surface area (Å²) in [4.78, 5) is 39.7. The van der Waals surface area contributed by atoms with Gasteiger partial charge in [-0.1, -0.05) is 17.7 Å². The van der Waals surface area contributed by atoms with Gasteiger partial charge < -0.3 is 18.6 Å². The number of ether oxygens (including phenoxy) is 2. The molecule has 0 spiro atoms. The van der Waals surface area contributed by atoms with Crippen molar-refractivity contribution >= 4 is 17.8 Å². The van der Waals surface area contributed by atoms with Gasteiger partial charge in [0.05, 0.1) is 23.5 Å². The van der Waals surface area contributed by atoms with Gasteiger partial charge in [0, 0.05) is 46.0 Å². The van der Waals surface area contributed by atoms with Gasteiger partial charge in [-0.2, -0.15) is 0 Å². The number of allylic oxidation sites excluding steroid dienone is 4. The van der Waals surface area contributed by atoms with Gasteiger partial charge in [-0.15, -0.1) is 0 Å². The standard InChI is InChI=1S/C39H58N6O4/c1-38(2,3)48-36(46)44-21-9-11-32(44)34-40-30(24-42(34)7)23-26-13-15-27(16-14-26)28-17-19-29(20-18-28)31-25-43(8)35(41-31)33-12-10-22-45(33)37(47)49-39(4,5)6/h13,19,24-25,27-28,32-33H,9-12,14-18,20-23H2,1-8H3. The lowest BCUT2D eigenvalue weighted by Gasteiger charge is -2.32. The molecule has 0 radical (unpaired) electrons. The van der Waals surface area contributed by atoms with Crippen LogP contribution in [0.15, 0.2) is 30.1 Å². The molecule has 268 valence electrons. The molecule has 10 nitrogen and oxygen atoms in total. The van der Waals surface area contributed by atoms with Gasteiger partial charge in [0.2, 0.25) is 0 Å². The fourth-order valence-electron chi connectivity index (χ4n) is 8.28. The number of aromatic nitrogens is 4. The van der Waals surface area contributed by atoms with Crippen LogP contribution < -0.4 is 0 Å². The highest BCUT2D eigenvalue weighted by molar-refractivity contribution is 5.70. The molecule has 10 heteroatoms. The van der Waals surface area contributed by atoms with Crippen LogP contribution in [0.1, 0.15) is 141 Å². The lowest BCUT2D eigenvalue weighted by molar-refractivity contribution is 0.0206. The van der Waals surface area contributed by atoms with E-state index in [1.165, 1.54) is 24.0 Å². The van der Waals surface area contributed by atoms with Crippen LogP contribution in [0.4, 0.5) is 9.59 Å². The topological polar surface area (TPSA) is 94.7 Å². The molecule has 4 aliphatic rings. The normalized spacial score (nSPS) is 25.0. The fourth-order valence-corrected chi connectivity index (χ4v) is 8.28. The number of hydrogen-bond donors (Lipinski definition) is 0. The summed E-state index contributed by atoms with van der Waals surface area (Å²) in [5.41, 5.74) is 3.94. The van der Waals surface area contributed by atoms with Crippen molar-refractivity contribution < 1.29 is 19.1 Å². The number of likely N-dealkylation sites (tertiary alicyclic amines) is 2. The minimum atomic E-state index is -0.511. The molecule has 49 heavy (non-hydrogen) atoms. The molecule has 4 unspecified atom stereocenters. The number of carbonyl (C=O) groups excluding carboxylic acids is 2. The highest BCUT2D eigenvalue weighted by atomic mass is 16.6. The van der Waals surface area contributed by atoms with E-state index < -0.39 is 11.2 Å². The second kappa shape index (κ2) is 14.0. The molecule has 0 N–H and O–H groups in total. The lowest BCUT2D eigenvalue weighted by Crippen LogP contribution is -2.37. The highest BCUT2D eigenvalue weighted by Gasteiger charge is 2.37. The zero-order valence-electron chi connectivity index (χ0n) is 31.1. The number of carbonyl (C=O) groups is 2. The second-order valence-electron chi connectivity index (χ2n) is 16.8. The minimum absolute atomic E-state index is 0.0325. The lowest BCUT2D eigenvalue weighted by atomic mass is 9.74. The first-order chi connectivity index (χ1) is 23.1. The summed E-state index contributed by atoms with van der Waals surface area (Å²) in [6.07, 6.45) is 20.2. The fraction of sp³-hybridized carbons (Fsp3) is 0.692. The molecule has 2 aliphatic heterocycles. The van der Waals surface area contributed by atoms with Crippen molar-refractivity contribution in [3.63, 3.8) is 0 Å². The minimum Gasteiger partial charge on any atom is -0.444 e. The Morgan fingerprint density at radius 2 is 1.27 bits per heavy atom. The van der Waals surface area contributed by atoms with E-state index in [0.717, 1.165) is 80.8 Å². The maximum atomic E-state index is 12.9. The molecule has 6 rings (SSSR count). The highest BCUT2D eigenvalue weighted by Crippen LogP contribution is 2.41. The number of imidazole rings is 2. The van der Waals surface area contributed by atoms with Crippen LogP contribution >= 0.6 is 0 Å². The molecule has 0 saturated carbocycles. The Bertz CT molecular complexity index is 1590. The van der Waals surface area contributed by atoms with E-state index in [2.05, 4.69) is 40.7 Å². The molecule has 0 bridgehead atoms. The summed E-state index contributed by atoms with van der Waals surface area (Å²) >= 11 is 0. The zero-order chi connectivity index (χ0) is 35.1. The predicted octanol–water partition coefficient (Wildman–Crippen LogP) is 8.45. The third-order valence-corrected chi connectivity index (χ3v) is 10.6. The molecule has 2 saturated heterocycles. The summed E-state index contributed by atoms with van der Waals surface area (Å²) in [5, 5.41) is 0. The van der Waals surface area contributed by atoms with Crippen LogP contribution in [0, 0.1) is 11.8 Å². The van der Waals surface area contributed by atoms with Crippen LogP contribution in [0.25, 0.3) is 5.57 Å². The Kier molecular flexibility index (Phi) is 10.1. The number of aryl methyl sites for hydroxylation is 2. The van der Waals surface area contributed by atoms with Crippen molar-refractivity contribution in [2.24, 2.45) is 25.9 Å². The molecule has 4 atom stereocenters. The predicted molar refractivity (Wildman–Crippen MR) is 191 cm³/mol. The largest absolute Gasteiger partial charge is 0.444 e. The zero-order valence-corrected chi connectivity index (χ0v) is 31.1. The SMILES string of the molecule is Cn1cc(CC2=CCC(C3CC=C(c4cn(C)c(C5CCCN5C(=O)OC(C)(C)C)n4)CC3)CC2)nc1C1CCCN1C(=O)OC(C)(C)C. The van der Waals surface area contributed by atoms with Gasteiger partial charge in [-0.3, -0.25) is 9.80 Å². The third kappa shape index (κ3) is 8.26. The molecule has 2 amide bonds. The van der Waals surface area contributed by atoms with Gasteiger partial charge in [0.25, 0.3) is 0 Å². The molecule has 2 fully saturated rings. The summed E-state index contributed by atoms with van der Waals surface area (Å²) in [6.45, 7) is 12.9. The molecular weight excluding hydrogens is 616 g/mol. The van der Waals surface area contributed by atoms with E-state index in [1.807, 2.05) is 58.4 Å². The Morgan fingerprint density at radius 1 is 0.735 bits per heavy atom. The summed E-state index contributed by atoms with van der Waals surface area (Å²) in [7, 11) is 4.10. The summed E-state index contributed by atoms with van der Waals surface area (Å²) in [5.74, 6) is 3.32. The number of amides is 2. The summed E-state index contributed by atoms with van der Waals surface area (Å²) in [6, 6.07) is -0.0732. The van der Waals surface area contributed by atoms with E-state index in [4.69, 9.17) is 19.4 Å². The average molecular weight is 675 g/mol. The first-order valence-electron chi connectivity index (χ1n) is 18.6. The van der Waals surface area contributed by atoms with Gasteiger partial charge in [0.15, 0.2) is 0 Å². The monoisotopic (exact) mass is 674 g/mol. The smallest absolute Gasteiger partial charge is 0.410 e. The van der Waals surface area contributed by atoms with Gasteiger partial charge in [0.1, 0.15) is 22.9 Å². The number of hydrogen-bond acceptors (Lipinski definition) is 6. The second-order valence-corrected chi connectivity index (χ2v) is 16.8. The maximum Gasteiger partial charge on any atom is 0.410 e. The van der Waals surface area contributed by atoms with Crippen LogP contribution in [0.5, 0.6) is 0 Å². The van der Waals surface area contributed by atoms with Gasteiger partial charge >= 0.3 is 12.2 Å². The Balaban J connectivity index is 1.03. The Hall–Kier alpha value is -3.56. The number of nitrogens with zero attached hydrogens (tertiary/aromatic N) is 6. The molecule has 4 heterocycles. The van der Waals surface area contributed by atoms with Crippen molar-refractivity contribution in [2.75, 3.05) is 13.1 Å². The first kappa shape index (κ1) is 35.3. The van der Waals surface area contributed by atoms with Crippen molar-refractivity contribution in [1.29, 1.82) is 0 Å². The molecule has 0 aromatic carbocycles. The molecule has 2 aliphatic carbocycles. The first-order valence-corrected chi connectivity index (χ1v) is 18.6. The van der Waals surface area contributed by atoms with E-state index in [-0.39, 0.29) is 24.3 Å². The third-order valence-electron chi connectivity index (χ3n) is 10.6. The van der Waals surface area contributed by atoms with Gasteiger partial charge in [-0.25, -0.2) is 19.6 Å². The van der Waals surface area contributed by atoms with Crippen molar-refractivity contribution in [1.82, 2.24) is 28.9 Å². The summed E-state index contributed by atoms with van der Waals surface area (Å²) < 4.78 is 15.6. The van der Waals surface area contributed by atoms with Gasteiger partial charge in [-0.05, 0) is 123 Å². The van der Waals surface area contributed by atoms with E-state index in [0.29, 0.717) is 24.9 Å². The van der Waals surface area contributed by atoms with E-state index in [9.17, 15) is 9.59 Å². The molecular formula is C39H58N6O4. The van der Waals surface area contributed by atoms with Crippen LogP contribution in [0.3, 0.4) is 0 Å². The maximum absolute atomic E-state index is 12.9. The van der Waals surface area contributed by atoms with E-state index in [1.54, 1.807) is 0 Å². The van der Waals surface area contributed by atoms with Crippen LogP contribution in [0.2, 0.25) is 0 Å². The average Bonchev–Trinajstić information content (AvgIpc) is 3.82. The molecule has 2 aromatic rings. The van der Waals surface area contributed by atoms with Crippen LogP contribution in [-0.4, -0.2) is 65.4 Å². The Labute approximate surface area is 292 Å². The van der Waals surface area contributed by atoms with Crippen molar-refractivity contribution in [3.05, 3.63) is 53.2 Å². The van der Waals surface area contributed by atoms with Crippen molar-refractivity contribution in [3.8, 4) is 0 Å². The molecule has 2 aromatic heterocycles. The van der Waals surface area contributed by atoms with Crippen molar-refractivity contribution in [2.45, 2.75) is 135 Å². The van der Waals surface area contributed by atoms with Crippen LogP contribution in [-0.2, 0) is 30.0 Å².